The summed E-state index contributed by atoms with van der Waals surface area (Å²) in [5.74, 6) is -0.403. The van der Waals surface area contributed by atoms with Crippen LogP contribution in [0.25, 0.3) is 6.08 Å². The smallest absolute Gasteiger partial charge is 0.248 e. The zero-order valence-electron chi connectivity index (χ0n) is 8.10. The Bertz CT molecular complexity index is 363. The molecule has 0 aliphatic rings. The summed E-state index contributed by atoms with van der Waals surface area (Å²) in [7, 11) is 0. The first-order valence-electron chi connectivity index (χ1n) is 4.43. The quantitative estimate of drug-likeness (QED) is 0.571. The summed E-state index contributed by atoms with van der Waals surface area (Å²) in [4.78, 5) is 10.9. The van der Waals surface area contributed by atoms with Gasteiger partial charge >= 0.3 is 0 Å². The third kappa shape index (κ3) is 2.90. The number of carbonyl (C=O) groups is 1. The van der Waals surface area contributed by atoms with Gasteiger partial charge in [0.2, 0.25) is 5.91 Å². The van der Waals surface area contributed by atoms with E-state index < -0.39 is 5.91 Å². The summed E-state index contributed by atoms with van der Waals surface area (Å²) in [6, 6.07) is 9.76. The lowest BCUT2D eigenvalue weighted by Crippen LogP contribution is -2.11. The zero-order chi connectivity index (χ0) is 10.4. The zero-order valence-corrected chi connectivity index (χ0v) is 8.10. The van der Waals surface area contributed by atoms with Crippen molar-refractivity contribution in [2.24, 2.45) is 5.73 Å². The highest BCUT2D eigenvalue weighted by Gasteiger charge is 1.96. The number of primary amides is 1. The summed E-state index contributed by atoms with van der Waals surface area (Å²) < 4.78 is 0. The Labute approximate surface area is 83.7 Å². The van der Waals surface area contributed by atoms with E-state index in [4.69, 9.17) is 5.73 Å². The van der Waals surface area contributed by atoms with Gasteiger partial charge in [-0.2, -0.15) is 0 Å². The second-order valence-corrected chi connectivity index (χ2v) is 2.85. The summed E-state index contributed by atoms with van der Waals surface area (Å²) >= 11 is 0. The minimum Gasteiger partial charge on any atom is -0.366 e. The molecule has 2 heteroatoms. The third-order valence-electron chi connectivity index (χ3n) is 1.85. The Morgan fingerprint density at radius 3 is 2.43 bits per heavy atom. The number of nitrogens with two attached hydrogens (primary N) is 1. The molecule has 2 nitrogen and oxygen atoms in total. The lowest BCUT2D eigenvalue weighted by molar-refractivity contribution is -0.114. The molecule has 0 bridgehead atoms. The minimum absolute atomic E-state index is 0.403. The number of allylic oxidation sites excluding steroid dienone is 1. The molecule has 72 valence electrons. The molecule has 0 aromatic heterocycles. The summed E-state index contributed by atoms with van der Waals surface area (Å²) in [5, 5.41) is 0. The van der Waals surface area contributed by atoms with Crippen LogP contribution < -0.4 is 5.73 Å². The average Bonchev–Trinajstić information content (AvgIpc) is 2.20. The van der Waals surface area contributed by atoms with Crippen molar-refractivity contribution in [1.29, 1.82) is 0 Å². The minimum atomic E-state index is -0.403. The van der Waals surface area contributed by atoms with Gasteiger partial charge in [0.1, 0.15) is 0 Å². The van der Waals surface area contributed by atoms with Crippen LogP contribution in [0.1, 0.15) is 12.5 Å². The molecule has 1 aromatic carbocycles. The van der Waals surface area contributed by atoms with Crippen LogP contribution in [0, 0.1) is 0 Å². The summed E-state index contributed by atoms with van der Waals surface area (Å²) in [6.07, 6.45) is 5.28. The Morgan fingerprint density at radius 1 is 1.29 bits per heavy atom. The molecule has 2 N–H and O–H groups in total. The van der Waals surface area contributed by atoms with Crippen LogP contribution in [0.15, 0.2) is 48.1 Å². The largest absolute Gasteiger partial charge is 0.366 e. The summed E-state index contributed by atoms with van der Waals surface area (Å²) in [6.45, 7) is 1.79. The topological polar surface area (TPSA) is 43.1 Å². The van der Waals surface area contributed by atoms with Crippen LogP contribution in [0.4, 0.5) is 0 Å². The van der Waals surface area contributed by atoms with Gasteiger partial charge in [-0.3, -0.25) is 4.79 Å². The van der Waals surface area contributed by atoms with Crippen LogP contribution >= 0.6 is 0 Å². The van der Waals surface area contributed by atoms with Gasteiger partial charge in [0.25, 0.3) is 0 Å². The first kappa shape index (κ1) is 10.3. The lowest BCUT2D eigenvalue weighted by Gasteiger charge is -1.94. The second-order valence-electron chi connectivity index (χ2n) is 2.85. The molecule has 1 amide bonds. The van der Waals surface area contributed by atoms with Gasteiger partial charge in [0.15, 0.2) is 0 Å². The Kier molecular flexibility index (Phi) is 3.68. The van der Waals surface area contributed by atoms with Crippen LogP contribution in [0.3, 0.4) is 0 Å². The third-order valence-corrected chi connectivity index (χ3v) is 1.85. The standard InChI is InChI=1S/C12H13NO/c1-2-11(12(13)14)9-8-10-6-4-3-5-7-10/h2-9H,1H3,(H2,13,14). The highest BCUT2D eigenvalue weighted by atomic mass is 16.1. The first-order chi connectivity index (χ1) is 6.74. The molecule has 0 unspecified atom stereocenters. The van der Waals surface area contributed by atoms with Crippen molar-refractivity contribution in [2.45, 2.75) is 6.92 Å². The van der Waals surface area contributed by atoms with E-state index >= 15 is 0 Å². The second kappa shape index (κ2) is 5.02. The monoisotopic (exact) mass is 187 g/mol. The van der Waals surface area contributed by atoms with Crippen LogP contribution in [-0.4, -0.2) is 5.91 Å². The van der Waals surface area contributed by atoms with Gasteiger partial charge in [-0.05, 0) is 18.6 Å². The van der Waals surface area contributed by atoms with Gasteiger partial charge in [-0.25, -0.2) is 0 Å². The molecule has 14 heavy (non-hydrogen) atoms. The van der Waals surface area contributed by atoms with Crippen LogP contribution in [0.2, 0.25) is 0 Å². The molecule has 0 fully saturated rings. The van der Waals surface area contributed by atoms with Crippen LogP contribution in [-0.2, 0) is 4.79 Å². The molecular weight excluding hydrogens is 174 g/mol. The van der Waals surface area contributed by atoms with E-state index in [-0.39, 0.29) is 0 Å². The predicted molar refractivity (Wildman–Crippen MR) is 58.4 cm³/mol. The molecule has 0 aliphatic carbocycles. The van der Waals surface area contributed by atoms with E-state index in [1.54, 1.807) is 19.1 Å². The van der Waals surface area contributed by atoms with E-state index in [1.165, 1.54) is 0 Å². The Balaban J connectivity index is 2.78. The molecular formula is C12H13NO. The number of amides is 1. The number of hydrogen-bond acceptors (Lipinski definition) is 1. The van der Waals surface area contributed by atoms with E-state index in [2.05, 4.69) is 0 Å². The van der Waals surface area contributed by atoms with Gasteiger partial charge in [-0.15, -0.1) is 0 Å². The first-order valence-corrected chi connectivity index (χ1v) is 4.43. The van der Waals surface area contributed by atoms with Gasteiger partial charge in [0.05, 0.1) is 0 Å². The molecule has 0 atom stereocenters. The van der Waals surface area contributed by atoms with Gasteiger partial charge < -0.3 is 5.73 Å². The molecule has 0 saturated carbocycles. The van der Waals surface area contributed by atoms with E-state index in [1.807, 2.05) is 36.4 Å². The fourth-order valence-electron chi connectivity index (χ4n) is 1.07. The van der Waals surface area contributed by atoms with Gasteiger partial charge in [0, 0.05) is 5.57 Å². The molecule has 0 saturated heterocycles. The van der Waals surface area contributed by atoms with Crippen molar-refractivity contribution in [2.75, 3.05) is 0 Å². The Morgan fingerprint density at radius 2 is 1.93 bits per heavy atom. The number of carbonyl (C=O) groups excluding carboxylic acids is 1. The predicted octanol–water partition coefficient (Wildman–Crippen LogP) is 2.13. The molecule has 0 heterocycles. The molecule has 0 spiro atoms. The molecule has 0 radical (unpaired) electrons. The van der Waals surface area contributed by atoms with Crippen molar-refractivity contribution in [1.82, 2.24) is 0 Å². The molecule has 0 aliphatic heterocycles. The van der Waals surface area contributed by atoms with Crippen molar-refractivity contribution in [3.63, 3.8) is 0 Å². The van der Waals surface area contributed by atoms with Crippen LogP contribution in [0.5, 0.6) is 0 Å². The maximum atomic E-state index is 10.9. The van der Waals surface area contributed by atoms with E-state index in [9.17, 15) is 4.79 Å². The maximum absolute atomic E-state index is 10.9. The van der Waals surface area contributed by atoms with Crippen molar-refractivity contribution in [3.8, 4) is 0 Å². The van der Waals surface area contributed by atoms with E-state index in [0.717, 1.165) is 5.56 Å². The van der Waals surface area contributed by atoms with E-state index in [0.29, 0.717) is 5.57 Å². The SMILES string of the molecule is CC=C(C=Cc1ccccc1)C(N)=O. The summed E-state index contributed by atoms with van der Waals surface area (Å²) in [5.41, 5.74) is 6.72. The maximum Gasteiger partial charge on any atom is 0.248 e. The van der Waals surface area contributed by atoms with Crippen molar-refractivity contribution >= 4 is 12.0 Å². The Hall–Kier alpha value is -1.83. The number of hydrogen-bond donors (Lipinski definition) is 1. The fourth-order valence-corrected chi connectivity index (χ4v) is 1.07. The highest BCUT2D eigenvalue weighted by molar-refractivity contribution is 5.95. The molecule has 1 aromatic rings. The normalized spacial score (nSPS) is 11.9. The fraction of sp³-hybridized carbons (Fsp3) is 0.0833. The van der Waals surface area contributed by atoms with Gasteiger partial charge in [-0.1, -0.05) is 42.5 Å². The average molecular weight is 187 g/mol. The highest BCUT2D eigenvalue weighted by Crippen LogP contribution is 2.04. The lowest BCUT2D eigenvalue weighted by atomic mass is 10.1. The van der Waals surface area contributed by atoms with Crippen molar-refractivity contribution < 1.29 is 4.79 Å². The molecule has 1 rings (SSSR count). The van der Waals surface area contributed by atoms with Crippen molar-refractivity contribution in [3.05, 3.63) is 53.6 Å². The number of rotatable bonds is 3. The number of benzene rings is 1.